The van der Waals surface area contributed by atoms with Crippen molar-refractivity contribution >= 4 is 23.2 Å². The van der Waals surface area contributed by atoms with Crippen molar-refractivity contribution in [3.05, 3.63) is 69.1 Å². The van der Waals surface area contributed by atoms with E-state index in [-0.39, 0.29) is 28.2 Å². The number of hydrogen-bond acceptors (Lipinski definition) is 6. The molecule has 3 aromatic rings. The molecule has 0 radical (unpaired) electrons. The van der Waals surface area contributed by atoms with Crippen LogP contribution >= 0.6 is 11.6 Å². The number of hydrogen-bond donors (Lipinski definition) is 1. The highest BCUT2D eigenvalue weighted by molar-refractivity contribution is 6.30. The predicted molar refractivity (Wildman–Crippen MR) is 99.7 cm³/mol. The van der Waals surface area contributed by atoms with Crippen LogP contribution in [0.25, 0.3) is 5.65 Å². The number of aromatic nitrogens is 2. The monoisotopic (exact) mass is 442 g/mol. The Morgan fingerprint density at radius 3 is 2.50 bits per heavy atom. The molecule has 3 rings (SSSR count). The van der Waals surface area contributed by atoms with Gasteiger partial charge in [0.05, 0.1) is 24.1 Å². The molecule has 0 aliphatic carbocycles. The summed E-state index contributed by atoms with van der Waals surface area (Å²) < 4.78 is 46.8. The number of carbonyl (C=O) groups is 1. The Balaban J connectivity index is 2.13. The van der Waals surface area contributed by atoms with Gasteiger partial charge in [0.2, 0.25) is 5.88 Å². The van der Waals surface area contributed by atoms with Crippen molar-refractivity contribution in [1.29, 1.82) is 0 Å². The van der Waals surface area contributed by atoms with Crippen LogP contribution in [0, 0.1) is 0 Å². The van der Waals surface area contributed by atoms with Gasteiger partial charge in [-0.15, -0.1) is 13.2 Å². The summed E-state index contributed by atoms with van der Waals surface area (Å²) >= 11 is 5.93. The summed E-state index contributed by atoms with van der Waals surface area (Å²) in [6, 6.07) is 7.47. The van der Waals surface area contributed by atoms with E-state index in [0.717, 1.165) is 23.6 Å². The van der Waals surface area contributed by atoms with E-state index >= 15 is 0 Å². The predicted octanol–water partition coefficient (Wildman–Crippen LogP) is 3.65. The molecule has 0 saturated carbocycles. The zero-order chi connectivity index (χ0) is 22.1. The third-order valence-electron chi connectivity index (χ3n) is 4.26. The molecule has 0 bridgehead atoms. The maximum Gasteiger partial charge on any atom is 0.573 e. The molecule has 1 aromatic carbocycles. The number of esters is 1. The highest BCUT2D eigenvalue weighted by atomic mass is 35.5. The van der Waals surface area contributed by atoms with Gasteiger partial charge < -0.3 is 14.6 Å². The first-order valence-corrected chi connectivity index (χ1v) is 8.80. The van der Waals surface area contributed by atoms with E-state index in [1.807, 2.05) is 0 Å². The Bertz CT molecular complexity index is 1150. The minimum absolute atomic E-state index is 0.122. The summed E-state index contributed by atoms with van der Waals surface area (Å²) in [5, 5.41) is 10.6. The van der Waals surface area contributed by atoms with E-state index in [4.69, 9.17) is 11.6 Å². The number of ether oxygens (including phenoxy) is 2. The smallest absolute Gasteiger partial charge is 0.493 e. The molecular weight excluding hydrogens is 429 g/mol. The van der Waals surface area contributed by atoms with Gasteiger partial charge in [-0.2, -0.15) is 4.98 Å². The molecule has 0 fully saturated rings. The maximum absolute atomic E-state index is 13.0. The zero-order valence-electron chi connectivity index (χ0n) is 15.3. The van der Waals surface area contributed by atoms with Gasteiger partial charge >= 0.3 is 12.3 Å². The van der Waals surface area contributed by atoms with Crippen LogP contribution in [0.4, 0.5) is 13.2 Å². The van der Waals surface area contributed by atoms with Crippen molar-refractivity contribution in [3.8, 4) is 11.6 Å². The molecule has 158 valence electrons. The molecule has 0 spiro atoms. The number of rotatable bonds is 5. The van der Waals surface area contributed by atoms with Gasteiger partial charge in [-0.1, -0.05) is 23.7 Å². The average Bonchev–Trinajstić information content (AvgIpc) is 2.67. The highest BCUT2D eigenvalue weighted by Crippen LogP contribution is 2.33. The molecule has 11 heteroatoms. The van der Waals surface area contributed by atoms with Crippen molar-refractivity contribution < 1.29 is 32.5 Å². The quantitative estimate of drug-likeness (QED) is 0.607. The first-order valence-electron chi connectivity index (χ1n) is 8.42. The lowest BCUT2D eigenvalue weighted by atomic mass is 9.89. The molecule has 30 heavy (non-hydrogen) atoms. The van der Waals surface area contributed by atoms with Crippen molar-refractivity contribution in [2.75, 3.05) is 7.11 Å². The zero-order valence-corrected chi connectivity index (χ0v) is 16.1. The third kappa shape index (κ3) is 4.65. The van der Waals surface area contributed by atoms with Crippen molar-refractivity contribution in [2.45, 2.75) is 18.7 Å². The van der Waals surface area contributed by atoms with E-state index in [9.17, 15) is 27.9 Å². The highest BCUT2D eigenvalue weighted by Gasteiger charge is 2.31. The second kappa shape index (κ2) is 8.23. The summed E-state index contributed by atoms with van der Waals surface area (Å²) in [7, 11) is 1.14. The molecule has 0 saturated heterocycles. The Hall–Kier alpha value is -3.27. The molecular formula is C19H14ClF3N2O5. The minimum atomic E-state index is -4.87. The van der Waals surface area contributed by atoms with Gasteiger partial charge in [0.15, 0.2) is 0 Å². The Morgan fingerprint density at radius 2 is 1.90 bits per heavy atom. The number of halogens is 4. The normalized spacial score (nSPS) is 12.6. The van der Waals surface area contributed by atoms with Gasteiger partial charge in [0, 0.05) is 12.1 Å². The Labute approximate surface area is 172 Å². The van der Waals surface area contributed by atoms with Crippen LogP contribution < -0.4 is 10.3 Å². The maximum atomic E-state index is 13.0. The Morgan fingerprint density at radius 1 is 1.23 bits per heavy atom. The lowest BCUT2D eigenvalue weighted by molar-refractivity contribution is -0.274. The van der Waals surface area contributed by atoms with E-state index in [0.29, 0.717) is 0 Å². The number of aromatic hydroxyl groups is 1. The molecule has 2 heterocycles. The van der Waals surface area contributed by atoms with Gasteiger partial charge in [0.1, 0.15) is 11.4 Å². The lowest BCUT2D eigenvalue weighted by Gasteiger charge is -2.18. The molecule has 1 N–H and O–H groups in total. The van der Waals surface area contributed by atoms with Crippen molar-refractivity contribution in [2.24, 2.45) is 0 Å². The number of fused-ring (bicyclic) bond motifs is 1. The minimum Gasteiger partial charge on any atom is -0.493 e. The largest absolute Gasteiger partial charge is 0.573 e. The van der Waals surface area contributed by atoms with Gasteiger partial charge in [-0.3, -0.25) is 14.0 Å². The van der Waals surface area contributed by atoms with Crippen LogP contribution in [-0.2, 0) is 9.53 Å². The van der Waals surface area contributed by atoms with Gasteiger partial charge in [-0.05, 0) is 29.8 Å². The van der Waals surface area contributed by atoms with E-state index in [2.05, 4.69) is 14.5 Å². The topological polar surface area (TPSA) is 90.1 Å². The molecule has 1 atom stereocenters. The van der Waals surface area contributed by atoms with Crippen LogP contribution in [0.3, 0.4) is 0 Å². The summed E-state index contributed by atoms with van der Waals surface area (Å²) in [5.41, 5.74) is -0.531. The van der Waals surface area contributed by atoms with Crippen LogP contribution in [0.2, 0.25) is 5.02 Å². The SMILES string of the molecule is COC(=O)C[C@H](c1ccc(OC(F)(F)F)cc1)c1c(O)nc2ccc(Cl)cn2c1=O. The fraction of sp³-hybridized carbons (Fsp3) is 0.211. The van der Waals surface area contributed by atoms with Crippen LogP contribution in [-0.4, -0.2) is 33.9 Å². The van der Waals surface area contributed by atoms with Crippen LogP contribution in [0.5, 0.6) is 11.6 Å². The van der Waals surface area contributed by atoms with E-state index in [1.165, 1.54) is 30.5 Å². The fourth-order valence-corrected chi connectivity index (χ4v) is 3.12. The van der Waals surface area contributed by atoms with Gasteiger partial charge in [-0.25, -0.2) is 0 Å². The summed E-state index contributed by atoms with van der Waals surface area (Å²) in [5.74, 6) is -2.85. The van der Waals surface area contributed by atoms with Crippen LogP contribution in [0.15, 0.2) is 47.4 Å². The number of nitrogens with zero attached hydrogens (tertiary/aromatic N) is 2. The van der Waals surface area contributed by atoms with Crippen molar-refractivity contribution in [1.82, 2.24) is 9.38 Å². The van der Waals surface area contributed by atoms with E-state index in [1.54, 1.807) is 0 Å². The Kier molecular flexibility index (Phi) is 5.88. The number of carbonyl (C=O) groups excluding carboxylic acids is 1. The summed E-state index contributed by atoms with van der Waals surface area (Å²) in [4.78, 5) is 28.9. The first-order chi connectivity index (χ1) is 14.1. The molecule has 0 aliphatic heterocycles. The molecule has 2 aromatic heterocycles. The fourth-order valence-electron chi connectivity index (χ4n) is 2.96. The van der Waals surface area contributed by atoms with Crippen molar-refractivity contribution in [3.63, 3.8) is 0 Å². The molecule has 0 unspecified atom stereocenters. The summed E-state index contributed by atoms with van der Waals surface area (Å²) in [6.07, 6.45) is -3.94. The number of methoxy groups -OCH3 is 1. The number of benzene rings is 1. The lowest BCUT2D eigenvalue weighted by Crippen LogP contribution is -2.24. The second-order valence-electron chi connectivity index (χ2n) is 6.18. The molecule has 0 aliphatic rings. The molecule has 0 amide bonds. The average molecular weight is 443 g/mol. The van der Waals surface area contributed by atoms with Gasteiger partial charge in [0.25, 0.3) is 5.56 Å². The number of alkyl halides is 3. The molecule has 7 nitrogen and oxygen atoms in total. The second-order valence-corrected chi connectivity index (χ2v) is 6.62. The van der Waals surface area contributed by atoms with E-state index < -0.39 is 35.4 Å². The summed E-state index contributed by atoms with van der Waals surface area (Å²) in [6.45, 7) is 0. The standard InChI is InChI=1S/C19H14ClF3N2O5/c1-29-15(26)8-13(10-2-5-12(6-3-10)30-19(21,22)23)16-17(27)24-14-7-4-11(20)9-25(14)18(16)28/h2-7,9,13,27H,8H2,1H3/t13-/m1/s1. The van der Waals surface area contributed by atoms with Crippen LogP contribution in [0.1, 0.15) is 23.5 Å². The third-order valence-corrected chi connectivity index (χ3v) is 4.49. The first kappa shape index (κ1) is 21.4. The number of pyridine rings is 1.